The lowest BCUT2D eigenvalue weighted by Crippen LogP contribution is -2.44. The molecule has 1 aromatic heterocycles. The Bertz CT molecular complexity index is 701. The fourth-order valence-electron chi connectivity index (χ4n) is 3.92. The van der Waals surface area contributed by atoms with E-state index in [4.69, 9.17) is 0 Å². The van der Waals surface area contributed by atoms with E-state index < -0.39 is 11.2 Å². The van der Waals surface area contributed by atoms with Crippen molar-refractivity contribution in [1.29, 1.82) is 0 Å². The molecule has 140 valence electrons. The highest BCUT2D eigenvalue weighted by Crippen LogP contribution is 2.30. The number of aromatic amines is 1. The van der Waals surface area contributed by atoms with E-state index in [2.05, 4.69) is 10.3 Å². The number of rotatable bonds is 3. The second-order valence-electron chi connectivity index (χ2n) is 7.00. The highest BCUT2D eigenvalue weighted by molar-refractivity contribution is 5.85. The number of piperidine rings is 2. The number of halogens is 1. The van der Waals surface area contributed by atoms with Crippen LogP contribution >= 0.6 is 12.4 Å². The monoisotopic (exact) mass is 370 g/mol. The number of hydrogen-bond donors (Lipinski definition) is 2. The number of aryl methyl sites for hydroxylation is 1. The van der Waals surface area contributed by atoms with E-state index >= 15 is 0 Å². The van der Waals surface area contributed by atoms with Crippen LogP contribution in [0.25, 0.3) is 0 Å². The summed E-state index contributed by atoms with van der Waals surface area (Å²) in [6.45, 7) is 5.38. The number of carbonyl (C=O) groups is 1. The zero-order valence-electron chi connectivity index (χ0n) is 14.6. The van der Waals surface area contributed by atoms with Gasteiger partial charge < -0.3 is 10.2 Å². The van der Waals surface area contributed by atoms with E-state index in [0.717, 1.165) is 44.9 Å². The fraction of sp³-hybridized carbons (Fsp3) is 0.706. The van der Waals surface area contributed by atoms with E-state index in [0.29, 0.717) is 11.5 Å². The van der Waals surface area contributed by atoms with Crippen molar-refractivity contribution < 1.29 is 4.79 Å². The molecule has 0 spiro atoms. The second-order valence-corrected chi connectivity index (χ2v) is 7.00. The van der Waals surface area contributed by atoms with Gasteiger partial charge in [0, 0.05) is 24.8 Å². The summed E-state index contributed by atoms with van der Waals surface area (Å²) in [7, 11) is 0. The molecule has 3 rings (SSSR count). The van der Waals surface area contributed by atoms with E-state index in [9.17, 15) is 14.4 Å². The molecule has 25 heavy (non-hydrogen) atoms. The van der Waals surface area contributed by atoms with Gasteiger partial charge in [-0.1, -0.05) is 0 Å². The zero-order valence-corrected chi connectivity index (χ0v) is 15.4. The Balaban J connectivity index is 0.00000225. The van der Waals surface area contributed by atoms with Crippen LogP contribution in [-0.4, -0.2) is 46.5 Å². The predicted molar refractivity (Wildman–Crippen MR) is 98.2 cm³/mol. The van der Waals surface area contributed by atoms with Crippen LogP contribution in [0.2, 0.25) is 0 Å². The smallest absolute Gasteiger partial charge is 0.328 e. The molecule has 8 heteroatoms. The van der Waals surface area contributed by atoms with Gasteiger partial charge in [-0.05, 0) is 57.5 Å². The number of carbonyl (C=O) groups excluding carboxylic acids is 1. The van der Waals surface area contributed by atoms with Gasteiger partial charge in [0.15, 0.2) is 0 Å². The second kappa shape index (κ2) is 8.67. The lowest BCUT2D eigenvalue weighted by molar-refractivity contribution is -0.133. The minimum atomic E-state index is -0.524. The summed E-state index contributed by atoms with van der Waals surface area (Å²) in [4.78, 5) is 39.8. The summed E-state index contributed by atoms with van der Waals surface area (Å²) in [5.74, 6) is 1.45. The molecule has 1 amide bonds. The lowest BCUT2D eigenvalue weighted by atomic mass is 9.79. The lowest BCUT2D eigenvalue weighted by Gasteiger charge is -2.37. The summed E-state index contributed by atoms with van der Waals surface area (Å²) in [6.07, 6.45) is 6.04. The zero-order chi connectivity index (χ0) is 17.1. The molecule has 0 atom stereocenters. The van der Waals surface area contributed by atoms with Crippen LogP contribution in [0.4, 0.5) is 0 Å². The quantitative estimate of drug-likeness (QED) is 0.811. The number of amides is 1. The SMILES string of the molecule is Cc1cn(CC(=O)N2CCC(C3CCNCC3)CC2)c(=O)[nH]c1=O.Cl. The molecular weight excluding hydrogens is 344 g/mol. The van der Waals surface area contributed by atoms with E-state index in [-0.39, 0.29) is 24.9 Å². The Hall–Kier alpha value is -1.60. The van der Waals surface area contributed by atoms with Crippen LogP contribution in [0.15, 0.2) is 15.8 Å². The minimum Gasteiger partial charge on any atom is -0.341 e. The number of likely N-dealkylation sites (tertiary alicyclic amines) is 1. The maximum absolute atomic E-state index is 12.5. The number of aromatic nitrogens is 2. The van der Waals surface area contributed by atoms with Crippen molar-refractivity contribution in [2.24, 2.45) is 11.8 Å². The van der Waals surface area contributed by atoms with Crippen LogP contribution in [0, 0.1) is 18.8 Å². The summed E-state index contributed by atoms with van der Waals surface area (Å²) >= 11 is 0. The molecule has 1 aromatic rings. The van der Waals surface area contributed by atoms with Crippen LogP contribution in [0.3, 0.4) is 0 Å². The molecular formula is C17H27ClN4O3. The van der Waals surface area contributed by atoms with Crippen molar-refractivity contribution in [3.8, 4) is 0 Å². The van der Waals surface area contributed by atoms with Crippen LogP contribution in [0.5, 0.6) is 0 Å². The van der Waals surface area contributed by atoms with Crippen molar-refractivity contribution in [1.82, 2.24) is 19.8 Å². The van der Waals surface area contributed by atoms with E-state index in [1.807, 2.05) is 4.90 Å². The number of nitrogens with one attached hydrogen (secondary N) is 2. The first kappa shape index (κ1) is 19.7. The Kier molecular flexibility index (Phi) is 6.84. The standard InChI is InChI=1S/C17H26N4O3.ClH/c1-12-10-21(17(24)19-16(12)23)11-15(22)20-8-4-14(5-9-20)13-2-6-18-7-3-13;/h10,13-14,18H,2-9,11H2,1H3,(H,19,23,24);1H. The molecule has 3 heterocycles. The first-order valence-electron chi connectivity index (χ1n) is 8.83. The highest BCUT2D eigenvalue weighted by atomic mass is 35.5. The molecule has 2 N–H and O–H groups in total. The van der Waals surface area contributed by atoms with E-state index in [1.54, 1.807) is 6.92 Å². The van der Waals surface area contributed by atoms with Gasteiger partial charge in [0.2, 0.25) is 5.91 Å². The molecule has 0 radical (unpaired) electrons. The summed E-state index contributed by atoms with van der Waals surface area (Å²) < 4.78 is 1.29. The number of hydrogen-bond acceptors (Lipinski definition) is 4. The molecule has 7 nitrogen and oxygen atoms in total. The van der Waals surface area contributed by atoms with Crippen LogP contribution < -0.4 is 16.6 Å². The van der Waals surface area contributed by atoms with Crippen molar-refractivity contribution in [3.63, 3.8) is 0 Å². The van der Waals surface area contributed by atoms with Crippen molar-refractivity contribution in [2.75, 3.05) is 26.2 Å². The molecule has 0 aliphatic carbocycles. The predicted octanol–water partition coefficient (Wildman–Crippen LogP) is 0.505. The van der Waals surface area contributed by atoms with Crippen LogP contribution in [0.1, 0.15) is 31.2 Å². The Morgan fingerprint density at radius 3 is 2.36 bits per heavy atom. The number of H-pyrrole nitrogens is 1. The third kappa shape index (κ3) is 4.73. The van der Waals surface area contributed by atoms with Gasteiger partial charge in [-0.3, -0.25) is 19.1 Å². The maximum atomic E-state index is 12.5. The molecule has 2 aliphatic heterocycles. The van der Waals surface area contributed by atoms with Gasteiger partial charge >= 0.3 is 5.69 Å². The van der Waals surface area contributed by atoms with Gasteiger partial charge in [-0.15, -0.1) is 12.4 Å². The first-order valence-corrected chi connectivity index (χ1v) is 8.83. The van der Waals surface area contributed by atoms with Gasteiger partial charge in [0.1, 0.15) is 6.54 Å². The Morgan fingerprint density at radius 2 is 1.72 bits per heavy atom. The van der Waals surface area contributed by atoms with Crippen molar-refractivity contribution >= 4 is 18.3 Å². The topological polar surface area (TPSA) is 87.2 Å². The van der Waals surface area contributed by atoms with Crippen molar-refractivity contribution in [3.05, 3.63) is 32.6 Å². The average Bonchev–Trinajstić information content (AvgIpc) is 2.60. The van der Waals surface area contributed by atoms with Gasteiger partial charge in [0.25, 0.3) is 5.56 Å². The normalized spacial score (nSPS) is 19.5. The summed E-state index contributed by atoms with van der Waals surface area (Å²) in [6, 6.07) is 0. The van der Waals surface area contributed by atoms with Gasteiger partial charge in [-0.2, -0.15) is 0 Å². The largest absolute Gasteiger partial charge is 0.341 e. The van der Waals surface area contributed by atoms with Gasteiger partial charge in [0.05, 0.1) is 0 Å². The third-order valence-electron chi connectivity index (χ3n) is 5.44. The summed E-state index contributed by atoms with van der Waals surface area (Å²) in [5.41, 5.74) is -0.484. The highest BCUT2D eigenvalue weighted by Gasteiger charge is 2.29. The molecule has 0 saturated carbocycles. The average molecular weight is 371 g/mol. The van der Waals surface area contributed by atoms with Crippen LogP contribution in [-0.2, 0) is 11.3 Å². The van der Waals surface area contributed by atoms with E-state index in [1.165, 1.54) is 23.6 Å². The minimum absolute atomic E-state index is 0. The number of nitrogens with zero attached hydrogens (tertiary/aromatic N) is 2. The van der Waals surface area contributed by atoms with Crippen molar-refractivity contribution in [2.45, 2.75) is 39.2 Å². The molecule has 2 fully saturated rings. The summed E-state index contributed by atoms with van der Waals surface area (Å²) in [5, 5.41) is 3.40. The Labute approximate surface area is 153 Å². The Morgan fingerprint density at radius 1 is 1.12 bits per heavy atom. The fourth-order valence-corrected chi connectivity index (χ4v) is 3.92. The molecule has 0 unspecified atom stereocenters. The van der Waals surface area contributed by atoms with Gasteiger partial charge in [-0.25, -0.2) is 4.79 Å². The molecule has 2 aliphatic rings. The first-order chi connectivity index (χ1) is 11.5. The third-order valence-corrected chi connectivity index (χ3v) is 5.44. The molecule has 2 saturated heterocycles. The maximum Gasteiger partial charge on any atom is 0.328 e. The molecule has 0 bridgehead atoms. The molecule has 0 aromatic carbocycles.